The molecule has 58 heavy (non-hydrogen) atoms. The minimum Gasteiger partial charge on any atom is -0.168 e. The van der Waals surface area contributed by atoms with Crippen LogP contribution in [0.1, 0.15) is 12.8 Å². The van der Waals surface area contributed by atoms with Gasteiger partial charge in [0.15, 0.2) is 0 Å². The summed E-state index contributed by atoms with van der Waals surface area (Å²) in [4.78, 5) is 0. The maximum absolute atomic E-state index is 2.99. The minimum absolute atomic E-state index is 0. The average molecular weight is 1150 g/mol. The van der Waals surface area contributed by atoms with E-state index in [1.54, 1.807) is 0 Å². The molecule has 10 rings (SSSR count). The van der Waals surface area contributed by atoms with E-state index in [-0.39, 0.29) is 24.8 Å². The van der Waals surface area contributed by atoms with E-state index in [1.807, 2.05) is 24.3 Å². The number of halogens is 2. The quantitative estimate of drug-likeness (QED) is 0.122. The average Bonchev–Trinajstić information content (AvgIpc) is 4.15. The van der Waals surface area contributed by atoms with Gasteiger partial charge in [0.1, 0.15) is 0 Å². The molecular weight excluding hydrogens is 1110 g/mol. The largest absolute Gasteiger partial charge is 0.168 e. The molecule has 0 nitrogen and oxygen atoms in total. The van der Waals surface area contributed by atoms with Crippen LogP contribution in [0.25, 0.3) is 21.5 Å². The van der Waals surface area contributed by atoms with Crippen LogP contribution in [-0.2, 0) is 46.0 Å². The van der Waals surface area contributed by atoms with E-state index in [0.717, 1.165) is 12.8 Å². The zero-order valence-electron chi connectivity index (χ0n) is 32.3. The maximum Gasteiger partial charge on any atom is -0.0809 e. The van der Waals surface area contributed by atoms with Crippen LogP contribution in [0, 0.1) is 12.2 Å². The van der Waals surface area contributed by atoms with Crippen molar-refractivity contribution in [2.45, 2.75) is 12.8 Å². The molecule has 0 fully saturated rings. The number of hydrogen-bond acceptors (Lipinski definition) is 0. The van der Waals surface area contributed by atoms with Crippen molar-refractivity contribution in [1.82, 2.24) is 0 Å². The third-order valence-corrected chi connectivity index (χ3v) is 24.6. The van der Waals surface area contributed by atoms with Gasteiger partial charge in [-0.05, 0) is 0 Å². The van der Waals surface area contributed by atoms with Crippen LogP contribution in [0.2, 0.25) is 0 Å². The minimum atomic E-state index is -0.406. The van der Waals surface area contributed by atoms with Crippen molar-refractivity contribution >= 4 is 78.1 Å². The molecule has 0 amide bonds. The van der Waals surface area contributed by atoms with Gasteiger partial charge in [0.25, 0.3) is 0 Å². The van der Waals surface area contributed by atoms with Crippen LogP contribution in [0.15, 0.2) is 243 Å². The molecule has 0 saturated heterocycles. The van der Waals surface area contributed by atoms with Crippen molar-refractivity contribution in [1.29, 1.82) is 0 Å². The molecule has 0 radical (unpaired) electrons. The van der Waals surface area contributed by atoms with Crippen molar-refractivity contribution in [2.75, 3.05) is 0 Å². The predicted molar refractivity (Wildman–Crippen MR) is 253 cm³/mol. The molecule has 0 heterocycles. The van der Waals surface area contributed by atoms with Crippen LogP contribution < -0.4 is 20.7 Å². The molecule has 2 aliphatic carbocycles. The third kappa shape index (κ3) is 17.6. The number of fused-ring (bicyclic) bond motifs is 2. The number of hydrogen-bond donors (Lipinski definition) is 0. The van der Waals surface area contributed by atoms with Crippen LogP contribution in [-0.4, -0.2) is 11.0 Å². The van der Waals surface area contributed by atoms with Crippen LogP contribution in [0.4, 0.5) is 0 Å². The Hall–Kier alpha value is -3.75. The first kappa shape index (κ1) is 48.6. The normalized spacial score (nSPS) is 11.0. The SMILES string of the molecule is Cl.Cl.[C-]1=CC=CC1.[C-]1=CC=CC1.[Hf+2]=[Si](c1ccccc1)c1ccccc1.[Hf+2]=[Si](c1ccccc1)c1ccccc1.c1ccc2[cH-]ccc2c1.c1ccc2[cH-]ccc2c1. The Labute approximate surface area is 388 Å². The summed E-state index contributed by atoms with van der Waals surface area (Å²) in [5.74, 6) is 0. The van der Waals surface area contributed by atoms with Crippen molar-refractivity contribution in [3.05, 3.63) is 255 Å². The Bertz CT molecular complexity index is 2110. The summed E-state index contributed by atoms with van der Waals surface area (Å²) in [6.07, 6.45) is 20.0. The molecule has 2 aliphatic rings. The molecule has 0 bridgehead atoms. The Morgan fingerprint density at radius 3 is 0.914 bits per heavy atom. The fourth-order valence-corrected chi connectivity index (χ4v) is 15.5. The first-order valence-electron chi connectivity index (χ1n) is 18.7. The molecule has 0 unspecified atom stereocenters. The second-order valence-corrected chi connectivity index (χ2v) is 27.1. The molecular formula is C52H46Cl2Hf2Si2. The summed E-state index contributed by atoms with van der Waals surface area (Å²) in [5, 5.41) is 11.5. The first-order valence-corrected chi connectivity index (χ1v) is 32.5. The second kappa shape index (κ2) is 29.5. The number of allylic oxidation sites excluding steroid dienone is 8. The Morgan fingerprint density at radius 1 is 0.379 bits per heavy atom. The van der Waals surface area contributed by atoms with E-state index in [1.165, 1.54) is 88.3 Å². The van der Waals surface area contributed by atoms with E-state index in [0.29, 0.717) is 0 Å². The Morgan fingerprint density at radius 2 is 0.672 bits per heavy atom. The molecule has 0 aromatic heterocycles. The van der Waals surface area contributed by atoms with Crippen LogP contribution >= 0.6 is 24.8 Å². The molecule has 8 aromatic carbocycles. The first-order chi connectivity index (χ1) is 27.7. The van der Waals surface area contributed by atoms with E-state index >= 15 is 0 Å². The van der Waals surface area contributed by atoms with Crippen LogP contribution in [0.3, 0.4) is 0 Å². The van der Waals surface area contributed by atoms with Crippen LogP contribution in [0.5, 0.6) is 0 Å². The topological polar surface area (TPSA) is 0 Å². The predicted octanol–water partition coefficient (Wildman–Crippen LogP) is 11.3. The van der Waals surface area contributed by atoms with Gasteiger partial charge in [-0.3, -0.25) is 12.2 Å². The zero-order chi connectivity index (χ0) is 38.9. The van der Waals surface area contributed by atoms with Gasteiger partial charge >= 0.3 is 199 Å². The molecule has 284 valence electrons. The monoisotopic (exact) mass is 1160 g/mol. The smallest absolute Gasteiger partial charge is 0.0809 e. The van der Waals surface area contributed by atoms with Gasteiger partial charge in [0.05, 0.1) is 0 Å². The van der Waals surface area contributed by atoms with E-state index < -0.39 is 11.0 Å². The Balaban J connectivity index is 0.000000192. The fraction of sp³-hybridized carbons (Fsp3) is 0.0385. The summed E-state index contributed by atoms with van der Waals surface area (Å²) in [5.41, 5.74) is -0.812. The molecule has 0 atom stereocenters. The van der Waals surface area contributed by atoms with Crippen molar-refractivity contribution < 1.29 is 46.0 Å². The van der Waals surface area contributed by atoms with E-state index in [2.05, 4.69) is 231 Å². The van der Waals surface area contributed by atoms with Gasteiger partial charge in [-0.2, -0.15) is 47.2 Å². The summed E-state index contributed by atoms with van der Waals surface area (Å²) in [7, 11) is 0. The Kier molecular flexibility index (Phi) is 24.7. The summed E-state index contributed by atoms with van der Waals surface area (Å²) in [6, 6.07) is 72.9. The molecule has 8 aromatic rings. The zero-order valence-corrected chi connectivity index (χ0v) is 43.1. The van der Waals surface area contributed by atoms with Crippen molar-refractivity contribution in [2.24, 2.45) is 0 Å². The molecule has 6 heteroatoms. The summed E-state index contributed by atoms with van der Waals surface area (Å²) < 4.78 is 0. The maximum atomic E-state index is 2.99. The second-order valence-electron chi connectivity index (χ2n) is 12.5. The van der Waals surface area contributed by atoms with Gasteiger partial charge in [0, 0.05) is 0 Å². The van der Waals surface area contributed by atoms with E-state index in [4.69, 9.17) is 0 Å². The van der Waals surface area contributed by atoms with E-state index in [9.17, 15) is 0 Å². The molecule has 0 N–H and O–H groups in total. The van der Waals surface area contributed by atoms with Gasteiger partial charge in [-0.25, -0.2) is 24.3 Å². The summed E-state index contributed by atoms with van der Waals surface area (Å²) in [6.45, 7) is 0. The number of rotatable bonds is 4. The fourth-order valence-electron chi connectivity index (χ4n) is 5.57. The van der Waals surface area contributed by atoms with Gasteiger partial charge in [-0.1, -0.05) is 12.1 Å². The van der Waals surface area contributed by atoms with Crippen molar-refractivity contribution in [3.8, 4) is 0 Å². The van der Waals surface area contributed by atoms with Gasteiger partial charge in [-0.15, -0.1) is 97.0 Å². The molecule has 0 aliphatic heterocycles. The van der Waals surface area contributed by atoms with Crippen molar-refractivity contribution in [3.63, 3.8) is 0 Å². The third-order valence-electron chi connectivity index (χ3n) is 8.52. The molecule has 0 spiro atoms. The van der Waals surface area contributed by atoms with Gasteiger partial charge in [0.2, 0.25) is 0 Å². The van der Waals surface area contributed by atoms with Gasteiger partial charge < -0.3 is 0 Å². The standard InChI is InChI=1S/2C12H10Si.2C9H7.2C5H5.2ClH.2Hf/c2*1-3-7-11(8-4-1)13-12-9-5-2-6-10-12;2*1-2-5-9-7-3-6-8(9)4-1;2*1-2-4-5-3-1;;;;/h2*1-10H;2*1-7H;2*1-3H,4H2;2*1H;;/q;;4*-1;;;2*+2. The number of benzene rings is 6. The summed E-state index contributed by atoms with van der Waals surface area (Å²) >= 11 is 2.53. The molecule has 0 saturated carbocycles.